The van der Waals surface area contributed by atoms with Crippen LogP contribution in [0.2, 0.25) is 0 Å². The lowest BCUT2D eigenvalue weighted by atomic mass is 10.1. The van der Waals surface area contributed by atoms with Gasteiger partial charge in [-0.2, -0.15) is 0 Å². The molecule has 2 rings (SSSR count). The van der Waals surface area contributed by atoms with Gasteiger partial charge >= 0.3 is 5.97 Å². The van der Waals surface area contributed by atoms with Crippen LogP contribution in [0.4, 0.5) is 0 Å². The second-order valence-corrected chi connectivity index (χ2v) is 5.97. The molecule has 0 radical (unpaired) electrons. The van der Waals surface area contributed by atoms with Crippen molar-refractivity contribution >= 4 is 11.9 Å². The van der Waals surface area contributed by atoms with Crippen LogP contribution in [0.5, 0.6) is 5.75 Å². The first-order chi connectivity index (χ1) is 12.0. The summed E-state index contributed by atoms with van der Waals surface area (Å²) >= 11 is 0. The number of benzene rings is 2. The van der Waals surface area contributed by atoms with E-state index in [0.29, 0.717) is 11.3 Å². The number of amides is 1. The van der Waals surface area contributed by atoms with Crippen LogP contribution >= 0.6 is 0 Å². The molecular formula is C20H23NO4. The molecule has 1 unspecified atom stereocenters. The summed E-state index contributed by atoms with van der Waals surface area (Å²) in [6.07, 6.45) is 0.0631. The van der Waals surface area contributed by atoms with E-state index < -0.39 is 5.97 Å². The summed E-state index contributed by atoms with van der Waals surface area (Å²) in [5.74, 6) is -0.205. The molecule has 0 aliphatic rings. The van der Waals surface area contributed by atoms with Crippen molar-refractivity contribution < 1.29 is 19.1 Å². The fraction of sp³-hybridized carbons (Fsp3) is 0.300. The molecule has 1 atom stereocenters. The molecule has 0 saturated heterocycles. The molecule has 1 amide bonds. The molecule has 0 saturated carbocycles. The Morgan fingerprint density at radius 1 is 0.960 bits per heavy atom. The van der Waals surface area contributed by atoms with Crippen molar-refractivity contribution in [2.45, 2.75) is 32.9 Å². The van der Waals surface area contributed by atoms with E-state index >= 15 is 0 Å². The minimum Gasteiger partial charge on any atom is -0.491 e. The molecule has 5 heteroatoms. The zero-order valence-electron chi connectivity index (χ0n) is 14.7. The Kier molecular flexibility index (Phi) is 6.57. The van der Waals surface area contributed by atoms with E-state index in [0.717, 1.165) is 5.56 Å². The van der Waals surface area contributed by atoms with E-state index in [4.69, 9.17) is 9.47 Å². The molecule has 0 spiro atoms. The number of nitrogens with one attached hydrogen (secondary N) is 1. The number of hydrogen-bond acceptors (Lipinski definition) is 4. The van der Waals surface area contributed by atoms with E-state index in [-0.39, 0.29) is 24.7 Å². The smallest absolute Gasteiger partial charge is 0.338 e. The quantitative estimate of drug-likeness (QED) is 0.783. The van der Waals surface area contributed by atoms with Gasteiger partial charge in [-0.25, -0.2) is 4.79 Å². The van der Waals surface area contributed by atoms with Gasteiger partial charge in [0.25, 0.3) is 5.91 Å². The molecule has 0 aliphatic carbocycles. The molecule has 0 bridgehead atoms. The lowest BCUT2D eigenvalue weighted by Gasteiger charge is -2.14. The minimum absolute atomic E-state index is 0.0631. The summed E-state index contributed by atoms with van der Waals surface area (Å²) in [5.41, 5.74) is 1.36. The van der Waals surface area contributed by atoms with Crippen LogP contribution in [0.3, 0.4) is 0 Å². The van der Waals surface area contributed by atoms with Gasteiger partial charge in [-0.3, -0.25) is 4.79 Å². The predicted octanol–water partition coefficient (Wildman–Crippen LogP) is 3.51. The van der Waals surface area contributed by atoms with Gasteiger partial charge in [0.15, 0.2) is 6.61 Å². The van der Waals surface area contributed by atoms with Crippen molar-refractivity contribution in [2.24, 2.45) is 0 Å². The van der Waals surface area contributed by atoms with Gasteiger partial charge in [-0.1, -0.05) is 30.3 Å². The Morgan fingerprint density at radius 2 is 1.60 bits per heavy atom. The van der Waals surface area contributed by atoms with Crippen molar-refractivity contribution in [3.8, 4) is 5.75 Å². The van der Waals surface area contributed by atoms with Crippen molar-refractivity contribution in [2.75, 3.05) is 6.61 Å². The Morgan fingerprint density at radius 3 is 2.20 bits per heavy atom. The van der Waals surface area contributed by atoms with Crippen LogP contribution in [-0.4, -0.2) is 24.6 Å². The number of ether oxygens (including phenoxy) is 2. The number of hydrogen-bond donors (Lipinski definition) is 1. The van der Waals surface area contributed by atoms with Crippen molar-refractivity contribution in [1.82, 2.24) is 5.32 Å². The molecule has 0 aliphatic heterocycles. The average Bonchev–Trinajstić information content (AvgIpc) is 2.60. The first-order valence-electron chi connectivity index (χ1n) is 8.24. The van der Waals surface area contributed by atoms with E-state index in [1.807, 2.05) is 51.1 Å². The van der Waals surface area contributed by atoms with Gasteiger partial charge in [-0.05, 0) is 50.6 Å². The molecule has 5 nitrogen and oxygen atoms in total. The highest BCUT2D eigenvalue weighted by Gasteiger charge is 2.13. The van der Waals surface area contributed by atoms with E-state index in [2.05, 4.69) is 5.32 Å². The largest absolute Gasteiger partial charge is 0.491 e. The first kappa shape index (κ1) is 18.5. The van der Waals surface area contributed by atoms with Crippen LogP contribution in [0, 0.1) is 0 Å². The van der Waals surface area contributed by atoms with Gasteiger partial charge < -0.3 is 14.8 Å². The molecule has 0 fully saturated rings. The Bertz CT molecular complexity index is 695. The van der Waals surface area contributed by atoms with Crippen LogP contribution in [0.15, 0.2) is 54.6 Å². The SMILES string of the molecule is CC(C)Oc1ccc(C(=O)OCC(=O)NC(C)c2ccccc2)cc1. The van der Waals surface area contributed by atoms with Crippen molar-refractivity contribution in [3.63, 3.8) is 0 Å². The standard InChI is InChI=1S/C20H23NO4/c1-14(2)25-18-11-9-17(10-12-18)20(23)24-13-19(22)21-15(3)16-7-5-4-6-8-16/h4-12,14-15H,13H2,1-3H3,(H,21,22). The number of carbonyl (C=O) groups is 2. The summed E-state index contributed by atoms with van der Waals surface area (Å²) in [6.45, 7) is 5.41. The van der Waals surface area contributed by atoms with Gasteiger partial charge in [-0.15, -0.1) is 0 Å². The topological polar surface area (TPSA) is 64.6 Å². The van der Waals surface area contributed by atoms with E-state index in [9.17, 15) is 9.59 Å². The first-order valence-corrected chi connectivity index (χ1v) is 8.24. The average molecular weight is 341 g/mol. The molecule has 1 N–H and O–H groups in total. The molecule has 132 valence electrons. The van der Waals surface area contributed by atoms with E-state index in [1.54, 1.807) is 24.3 Å². The van der Waals surface area contributed by atoms with Crippen molar-refractivity contribution in [1.29, 1.82) is 0 Å². The lowest BCUT2D eigenvalue weighted by molar-refractivity contribution is -0.124. The van der Waals surface area contributed by atoms with Gasteiger partial charge in [0.2, 0.25) is 0 Å². The monoisotopic (exact) mass is 341 g/mol. The second-order valence-electron chi connectivity index (χ2n) is 5.97. The summed E-state index contributed by atoms with van der Waals surface area (Å²) in [4.78, 5) is 23.9. The molecule has 25 heavy (non-hydrogen) atoms. The third-order valence-corrected chi connectivity index (χ3v) is 3.47. The summed E-state index contributed by atoms with van der Waals surface area (Å²) in [6, 6.07) is 16.1. The minimum atomic E-state index is -0.543. The Balaban J connectivity index is 1.82. The number of esters is 1. The van der Waals surface area contributed by atoms with Crippen LogP contribution < -0.4 is 10.1 Å². The maximum Gasteiger partial charge on any atom is 0.338 e. The zero-order chi connectivity index (χ0) is 18.2. The number of rotatable bonds is 7. The molecule has 0 aromatic heterocycles. The zero-order valence-corrected chi connectivity index (χ0v) is 14.7. The molecule has 0 heterocycles. The normalized spacial score (nSPS) is 11.7. The molecule has 2 aromatic rings. The fourth-order valence-corrected chi connectivity index (χ4v) is 2.26. The summed E-state index contributed by atoms with van der Waals surface area (Å²) < 4.78 is 10.6. The molecular weight excluding hydrogens is 318 g/mol. The third kappa shape index (κ3) is 5.95. The van der Waals surface area contributed by atoms with Crippen molar-refractivity contribution in [3.05, 3.63) is 65.7 Å². The summed E-state index contributed by atoms with van der Waals surface area (Å²) in [7, 11) is 0. The van der Waals surface area contributed by atoms with Crippen LogP contribution in [-0.2, 0) is 9.53 Å². The highest BCUT2D eigenvalue weighted by Crippen LogP contribution is 2.15. The van der Waals surface area contributed by atoms with Gasteiger partial charge in [0.05, 0.1) is 17.7 Å². The third-order valence-electron chi connectivity index (χ3n) is 3.47. The fourth-order valence-electron chi connectivity index (χ4n) is 2.26. The lowest BCUT2D eigenvalue weighted by Crippen LogP contribution is -2.31. The van der Waals surface area contributed by atoms with E-state index in [1.165, 1.54) is 0 Å². The highest BCUT2D eigenvalue weighted by atomic mass is 16.5. The maximum absolute atomic E-state index is 12.0. The van der Waals surface area contributed by atoms with Gasteiger partial charge in [0.1, 0.15) is 5.75 Å². The highest BCUT2D eigenvalue weighted by molar-refractivity contribution is 5.91. The summed E-state index contributed by atoms with van der Waals surface area (Å²) in [5, 5.41) is 2.80. The number of carbonyl (C=O) groups excluding carboxylic acids is 2. The Labute approximate surface area is 148 Å². The Hall–Kier alpha value is -2.82. The molecule has 2 aromatic carbocycles. The predicted molar refractivity (Wildman–Crippen MR) is 95.5 cm³/mol. The van der Waals surface area contributed by atoms with Gasteiger partial charge in [0, 0.05) is 0 Å². The second kappa shape index (κ2) is 8.87. The van der Waals surface area contributed by atoms with Crippen LogP contribution in [0.25, 0.3) is 0 Å². The maximum atomic E-state index is 12.0. The van der Waals surface area contributed by atoms with Crippen LogP contribution in [0.1, 0.15) is 42.7 Å².